The molecule has 3 atom stereocenters. The summed E-state index contributed by atoms with van der Waals surface area (Å²) in [5, 5.41) is 15.0. The van der Waals surface area contributed by atoms with Gasteiger partial charge in [-0.25, -0.2) is 8.91 Å². The van der Waals surface area contributed by atoms with E-state index in [1.54, 1.807) is 4.52 Å². The normalized spacial score (nSPS) is 25.3. The molecule has 6 rings (SSSR count). The third-order valence-electron chi connectivity index (χ3n) is 6.47. The van der Waals surface area contributed by atoms with E-state index in [1.165, 1.54) is 0 Å². The van der Waals surface area contributed by atoms with E-state index in [1.807, 2.05) is 30.1 Å². The number of carbonyl (C=O) groups is 1. The first-order valence-corrected chi connectivity index (χ1v) is 11.4. The van der Waals surface area contributed by atoms with Crippen LogP contribution in [0.3, 0.4) is 0 Å². The summed E-state index contributed by atoms with van der Waals surface area (Å²) >= 11 is 0. The molecule has 2 saturated heterocycles. The number of pyridine rings is 1. The van der Waals surface area contributed by atoms with Gasteiger partial charge in [-0.05, 0) is 38.4 Å². The Labute approximate surface area is 189 Å². The average molecular weight is 455 g/mol. The van der Waals surface area contributed by atoms with Gasteiger partial charge in [0.05, 0.1) is 24.7 Å². The molecule has 11 heteroatoms. The molecule has 33 heavy (non-hydrogen) atoms. The molecule has 3 aromatic rings. The van der Waals surface area contributed by atoms with Gasteiger partial charge in [0, 0.05) is 24.6 Å². The van der Waals surface area contributed by atoms with Crippen molar-refractivity contribution in [3.05, 3.63) is 29.7 Å². The number of nitrogens with zero attached hydrogens (tertiary/aromatic N) is 5. The molecule has 3 aromatic heterocycles. The van der Waals surface area contributed by atoms with Gasteiger partial charge in [-0.15, -0.1) is 0 Å². The predicted molar refractivity (Wildman–Crippen MR) is 116 cm³/mol. The standard InChI is InChI=1S/C22H26FN7O3/c1-29-8-7-14(13(23)10-29)25-17-4-2-3-15-19(16-11-32-16)20(27-30(15)17)21-26-18(33-28-21)9-24-22(31)12-5-6-12/h2-4,12-14,16,25H,5-11H2,1H3,(H,24,31)/t13-,14+,16+/m0/s1. The fraction of sp³-hybridized carbons (Fsp3) is 0.545. The van der Waals surface area contributed by atoms with Gasteiger partial charge in [-0.3, -0.25) is 4.79 Å². The van der Waals surface area contributed by atoms with E-state index in [4.69, 9.17) is 14.4 Å². The number of halogens is 1. The van der Waals surface area contributed by atoms with Crippen molar-refractivity contribution < 1.29 is 18.4 Å². The number of hydrogen-bond acceptors (Lipinski definition) is 8. The summed E-state index contributed by atoms with van der Waals surface area (Å²) in [7, 11) is 1.93. The summed E-state index contributed by atoms with van der Waals surface area (Å²) in [4.78, 5) is 18.4. The molecule has 3 fully saturated rings. The van der Waals surface area contributed by atoms with Gasteiger partial charge in [-0.1, -0.05) is 11.2 Å². The van der Waals surface area contributed by atoms with Crippen LogP contribution < -0.4 is 10.6 Å². The van der Waals surface area contributed by atoms with Crippen LogP contribution in [0.25, 0.3) is 17.0 Å². The maximum absolute atomic E-state index is 14.6. The summed E-state index contributed by atoms with van der Waals surface area (Å²) in [6.45, 7) is 2.02. The van der Waals surface area contributed by atoms with E-state index in [0.717, 1.165) is 30.5 Å². The van der Waals surface area contributed by atoms with Crippen LogP contribution in [0.2, 0.25) is 0 Å². The number of alkyl halides is 1. The number of hydrogen-bond donors (Lipinski definition) is 2. The number of epoxide rings is 1. The van der Waals surface area contributed by atoms with Crippen LogP contribution in [0.1, 0.15) is 36.8 Å². The minimum Gasteiger partial charge on any atom is -0.368 e. The fourth-order valence-corrected chi connectivity index (χ4v) is 4.38. The highest BCUT2D eigenvalue weighted by atomic mass is 19.1. The second-order valence-electron chi connectivity index (χ2n) is 9.11. The monoisotopic (exact) mass is 455 g/mol. The predicted octanol–water partition coefficient (Wildman–Crippen LogP) is 1.94. The molecule has 0 radical (unpaired) electrons. The number of carbonyl (C=O) groups excluding carboxylic acids is 1. The molecule has 2 aliphatic heterocycles. The number of nitrogens with one attached hydrogen (secondary N) is 2. The number of rotatable bonds is 7. The Kier molecular flexibility index (Phi) is 5.02. The second kappa shape index (κ2) is 8.07. The zero-order valence-electron chi connectivity index (χ0n) is 18.3. The SMILES string of the molecule is CN1CC[C@@H](Nc2cccc3c([C@H]4CO4)c(-c4noc(CNC(=O)C5CC5)n4)nn23)[C@@H](F)C1. The molecular formula is C22H26FN7O3. The number of piperidine rings is 1. The van der Waals surface area contributed by atoms with E-state index in [9.17, 15) is 9.18 Å². The fourth-order valence-electron chi connectivity index (χ4n) is 4.38. The number of fused-ring (bicyclic) bond motifs is 1. The van der Waals surface area contributed by atoms with Crippen molar-refractivity contribution >= 4 is 17.2 Å². The summed E-state index contributed by atoms with van der Waals surface area (Å²) in [6.07, 6.45) is 1.52. The van der Waals surface area contributed by atoms with E-state index < -0.39 is 6.17 Å². The first-order chi connectivity index (χ1) is 16.1. The van der Waals surface area contributed by atoms with Gasteiger partial charge in [0.1, 0.15) is 23.8 Å². The molecule has 1 aliphatic carbocycles. The van der Waals surface area contributed by atoms with Crippen LogP contribution >= 0.6 is 0 Å². The van der Waals surface area contributed by atoms with Crippen molar-refractivity contribution in [2.24, 2.45) is 5.92 Å². The lowest BCUT2D eigenvalue weighted by molar-refractivity contribution is -0.122. The quantitative estimate of drug-likeness (QED) is 0.520. The Hall–Kier alpha value is -3.05. The highest BCUT2D eigenvalue weighted by molar-refractivity contribution is 5.80. The van der Waals surface area contributed by atoms with Gasteiger partial charge in [0.15, 0.2) is 0 Å². The van der Waals surface area contributed by atoms with Crippen molar-refractivity contribution in [1.29, 1.82) is 0 Å². The molecular weight excluding hydrogens is 429 g/mol. The zero-order chi connectivity index (χ0) is 22.5. The minimum atomic E-state index is -0.967. The van der Waals surface area contributed by atoms with Gasteiger partial charge < -0.3 is 24.8 Å². The second-order valence-corrected chi connectivity index (χ2v) is 9.11. The van der Waals surface area contributed by atoms with Crippen LogP contribution in [0.5, 0.6) is 0 Å². The number of aromatic nitrogens is 4. The van der Waals surface area contributed by atoms with E-state index in [0.29, 0.717) is 42.8 Å². The highest BCUT2D eigenvalue weighted by Gasteiger charge is 2.35. The van der Waals surface area contributed by atoms with Gasteiger partial charge in [0.25, 0.3) is 0 Å². The smallest absolute Gasteiger partial charge is 0.246 e. The van der Waals surface area contributed by atoms with Gasteiger partial charge >= 0.3 is 0 Å². The minimum absolute atomic E-state index is 0.0188. The highest BCUT2D eigenvalue weighted by Crippen LogP contribution is 2.39. The van der Waals surface area contributed by atoms with Crippen molar-refractivity contribution in [2.75, 3.05) is 32.1 Å². The Balaban J connectivity index is 1.29. The van der Waals surface area contributed by atoms with Crippen molar-refractivity contribution in [3.63, 3.8) is 0 Å². The topological polar surface area (TPSA) is 113 Å². The number of likely N-dealkylation sites (tertiary alicyclic amines) is 1. The Morgan fingerprint density at radius 2 is 2.15 bits per heavy atom. The lowest BCUT2D eigenvalue weighted by Crippen LogP contribution is -2.46. The first kappa shape index (κ1) is 20.5. The third-order valence-corrected chi connectivity index (χ3v) is 6.47. The van der Waals surface area contributed by atoms with Crippen LogP contribution in [0, 0.1) is 5.92 Å². The Bertz CT molecular complexity index is 1190. The van der Waals surface area contributed by atoms with Crippen molar-refractivity contribution in [1.82, 2.24) is 30.0 Å². The first-order valence-electron chi connectivity index (χ1n) is 11.4. The number of anilines is 1. The number of amides is 1. The molecule has 0 unspecified atom stereocenters. The van der Waals surface area contributed by atoms with Crippen molar-refractivity contribution in [3.8, 4) is 11.5 Å². The van der Waals surface area contributed by atoms with Crippen LogP contribution in [0.4, 0.5) is 10.2 Å². The third kappa shape index (κ3) is 4.06. The van der Waals surface area contributed by atoms with Crippen molar-refractivity contribution in [2.45, 2.75) is 44.1 Å². The van der Waals surface area contributed by atoms with Crippen LogP contribution in [-0.2, 0) is 16.1 Å². The molecule has 0 spiro atoms. The summed E-state index contributed by atoms with van der Waals surface area (Å²) < 4.78 is 27.3. The molecule has 174 valence electrons. The molecule has 0 aromatic carbocycles. The molecule has 1 saturated carbocycles. The average Bonchev–Trinajstić information content (AvgIpc) is 3.73. The van der Waals surface area contributed by atoms with Crippen LogP contribution in [0.15, 0.2) is 22.7 Å². The maximum Gasteiger partial charge on any atom is 0.246 e. The molecule has 10 nitrogen and oxygen atoms in total. The summed E-state index contributed by atoms with van der Waals surface area (Å²) in [6, 6.07) is 5.48. The largest absolute Gasteiger partial charge is 0.368 e. The summed E-state index contributed by atoms with van der Waals surface area (Å²) in [5.74, 6) is 1.50. The van der Waals surface area contributed by atoms with Gasteiger partial charge in [-0.2, -0.15) is 10.1 Å². The van der Waals surface area contributed by atoms with E-state index >= 15 is 0 Å². The molecule has 0 bridgehead atoms. The van der Waals surface area contributed by atoms with E-state index in [-0.39, 0.29) is 30.5 Å². The lowest BCUT2D eigenvalue weighted by Gasteiger charge is -2.33. The van der Waals surface area contributed by atoms with Crippen LogP contribution in [-0.4, -0.2) is 69.5 Å². The Morgan fingerprint density at radius 3 is 2.91 bits per heavy atom. The lowest BCUT2D eigenvalue weighted by atomic mass is 10.0. The van der Waals surface area contributed by atoms with Gasteiger partial charge in [0.2, 0.25) is 17.6 Å². The zero-order valence-corrected chi connectivity index (χ0v) is 18.3. The Morgan fingerprint density at radius 1 is 1.30 bits per heavy atom. The molecule has 2 N–H and O–H groups in total. The molecule has 1 amide bonds. The summed E-state index contributed by atoms with van der Waals surface area (Å²) in [5.41, 5.74) is 2.30. The maximum atomic E-state index is 14.6. The molecule has 3 aliphatic rings. The van der Waals surface area contributed by atoms with E-state index in [2.05, 4.69) is 20.8 Å². The molecule has 5 heterocycles. The number of ether oxygens (including phenoxy) is 1.